The summed E-state index contributed by atoms with van der Waals surface area (Å²) in [4.78, 5) is 16.5. The molecule has 1 aromatic heterocycles. The monoisotopic (exact) mass is 298 g/mol. The zero-order chi connectivity index (χ0) is 14.8. The van der Waals surface area contributed by atoms with Crippen LogP contribution in [-0.2, 0) is 0 Å². The maximum absolute atomic E-state index is 11.1. The van der Waals surface area contributed by atoms with Crippen molar-refractivity contribution in [2.45, 2.75) is 9.79 Å². The lowest BCUT2D eigenvalue weighted by atomic mass is 10.1. The molecule has 0 bridgehead atoms. The number of fused-ring (bicyclic) bond motifs is 1. The predicted molar refractivity (Wildman–Crippen MR) is 80.6 cm³/mol. The second kappa shape index (κ2) is 5.41. The molecule has 1 N–H and O–H groups in total. The Balaban J connectivity index is 2.09. The van der Waals surface area contributed by atoms with Crippen LogP contribution in [0.25, 0.3) is 10.8 Å². The minimum atomic E-state index is -0.404. The molecule has 0 spiro atoms. The zero-order valence-corrected chi connectivity index (χ0v) is 11.6. The summed E-state index contributed by atoms with van der Waals surface area (Å²) in [5.74, 6) is 0.206. The number of aromatic hydroxyl groups is 1. The third kappa shape index (κ3) is 2.66. The van der Waals surface area contributed by atoms with Crippen LogP contribution in [0.5, 0.6) is 5.75 Å². The number of non-ortho nitro benzene ring substituents is 1. The largest absolute Gasteiger partial charge is 0.508 e. The Kier molecular flexibility index (Phi) is 3.45. The van der Waals surface area contributed by atoms with E-state index in [1.165, 1.54) is 24.0 Å². The van der Waals surface area contributed by atoms with Crippen molar-refractivity contribution in [1.29, 1.82) is 0 Å². The van der Waals surface area contributed by atoms with Gasteiger partial charge >= 0.3 is 0 Å². The molecule has 0 aliphatic heterocycles. The van der Waals surface area contributed by atoms with Crippen molar-refractivity contribution in [3.63, 3.8) is 0 Å². The van der Waals surface area contributed by atoms with Gasteiger partial charge in [0.25, 0.3) is 5.69 Å². The summed E-state index contributed by atoms with van der Waals surface area (Å²) in [6.45, 7) is 0. The molecule has 6 heteroatoms. The van der Waals surface area contributed by atoms with E-state index in [0.29, 0.717) is 5.39 Å². The van der Waals surface area contributed by atoms with Crippen molar-refractivity contribution in [3.8, 4) is 5.75 Å². The minimum absolute atomic E-state index is 0.0492. The van der Waals surface area contributed by atoms with E-state index in [1.54, 1.807) is 42.6 Å². The minimum Gasteiger partial charge on any atom is -0.508 e. The molecule has 0 saturated heterocycles. The van der Waals surface area contributed by atoms with Gasteiger partial charge in [-0.3, -0.25) is 15.1 Å². The Bertz CT molecular complexity index is 819. The van der Waals surface area contributed by atoms with E-state index in [0.717, 1.165) is 15.2 Å². The van der Waals surface area contributed by atoms with E-state index >= 15 is 0 Å². The van der Waals surface area contributed by atoms with Crippen LogP contribution in [0, 0.1) is 10.1 Å². The number of rotatable bonds is 3. The molecule has 5 nitrogen and oxygen atoms in total. The van der Waals surface area contributed by atoms with E-state index in [9.17, 15) is 15.2 Å². The van der Waals surface area contributed by atoms with Gasteiger partial charge in [0.05, 0.1) is 10.3 Å². The highest BCUT2D eigenvalue weighted by atomic mass is 32.2. The quantitative estimate of drug-likeness (QED) is 0.584. The van der Waals surface area contributed by atoms with Crippen molar-refractivity contribution in [1.82, 2.24) is 4.98 Å². The van der Waals surface area contributed by atoms with Crippen molar-refractivity contribution >= 4 is 28.2 Å². The standard InChI is InChI=1S/C15H10N2O3S/c18-10-1-3-11(4-2-10)21-15-6-5-14(17(19)20)13-9-16-8-7-12(13)15/h1-9,18H. The second-order valence-corrected chi connectivity index (χ2v) is 5.47. The van der Waals surface area contributed by atoms with Gasteiger partial charge in [-0.05, 0) is 36.4 Å². The summed E-state index contributed by atoms with van der Waals surface area (Å²) in [6.07, 6.45) is 3.13. The fourth-order valence-corrected chi connectivity index (χ4v) is 2.99. The van der Waals surface area contributed by atoms with Gasteiger partial charge in [0.15, 0.2) is 0 Å². The van der Waals surface area contributed by atoms with Crippen molar-refractivity contribution in [3.05, 3.63) is 65.0 Å². The molecular formula is C15H10N2O3S. The first-order valence-electron chi connectivity index (χ1n) is 6.13. The van der Waals surface area contributed by atoms with Crippen LogP contribution in [0.2, 0.25) is 0 Å². The van der Waals surface area contributed by atoms with Gasteiger partial charge in [-0.15, -0.1) is 0 Å². The van der Waals surface area contributed by atoms with Gasteiger partial charge in [0, 0.05) is 33.6 Å². The lowest BCUT2D eigenvalue weighted by molar-refractivity contribution is -0.383. The maximum atomic E-state index is 11.1. The number of nitro groups is 1. The topological polar surface area (TPSA) is 76.3 Å². The summed E-state index contributed by atoms with van der Waals surface area (Å²) in [6, 6.07) is 11.8. The number of benzene rings is 2. The van der Waals surface area contributed by atoms with Crippen LogP contribution in [-0.4, -0.2) is 15.0 Å². The summed E-state index contributed by atoms with van der Waals surface area (Å²) < 4.78 is 0. The summed E-state index contributed by atoms with van der Waals surface area (Å²) in [5, 5.41) is 21.7. The van der Waals surface area contributed by atoms with Crippen molar-refractivity contribution in [2.75, 3.05) is 0 Å². The van der Waals surface area contributed by atoms with E-state index in [4.69, 9.17) is 0 Å². The molecule has 104 valence electrons. The molecule has 0 amide bonds. The van der Waals surface area contributed by atoms with E-state index in [2.05, 4.69) is 4.98 Å². The van der Waals surface area contributed by atoms with E-state index in [1.807, 2.05) is 0 Å². The average molecular weight is 298 g/mol. The first-order chi connectivity index (χ1) is 10.1. The summed E-state index contributed by atoms with van der Waals surface area (Å²) in [7, 11) is 0. The molecule has 3 aromatic rings. The molecule has 0 atom stereocenters. The Morgan fingerprint density at radius 1 is 1.05 bits per heavy atom. The third-order valence-corrected chi connectivity index (χ3v) is 4.10. The number of hydrogen-bond acceptors (Lipinski definition) is 5. The van der Waals surface area contributed by atoms with Gasteiger partial charge in [-0.2, -0.15) is 0 Å². The summed E-state index contributed by atoms with van der Waals surface area (Å²) >= 11 is 1.48. The highest BCUT2D eigenvalue weighted by Gasteiger charge is 2.14. The molecule has 0 aliphatic rings. The molecule has 1 heterocycles. The Hall–Kier alpha value is -2.60. The Labute approximate surface area is 124 Å². The lowest BCUT2D eigenvalue weighted by Crippen LogP contribution is -1.91. The number of hydrogen-bond donors (Lipinski definition) is 1. The van der Waals surface area contributed by atoms with E-state index < -0.39 is 4.92 Å². The normalized spacial score (nSPS) is 10.7. The van der Waals surface area contributed by atoms with Crippen LogP contribution < -0.4 is 0 Å². The Morgan fingerprint density at radius 2 is 1.81 bits per heavy atom. The third-order valence-electron chi connectivity index (χ3n) is 3.02. The molecule has 0 radical (unpaired) electrons. The lowest BCUT2D eigenvalue weighted by Gasteiger charge is -2.06. The number of nitro benzene ring substituents is 1. The maximum Gasteiger partial charge on any atom is 0.278 e. The number of phenolic OH excluding ortho intramolecular Hbond substituents is 1. The van der Waals surface area contributed by atoms with Crippen LogP contribution in [0.4, 0.5) is 5.69 Å². The van der Waals surface area contributed by atoms with Crippen molar-refractivity contribution in [2.24, 2.45) is 0 Å². The average Bonchev–Trinajstić information content (AvgIpc) is 2.49. The number of phenols is 1. The van der Waals surface area contributed by atoms with Gasteiger partial charge in [-0.1, -0.05) is 11.8 Å². The second-order valence-electron chi connectivity index (χ2n) is 4.36. The molecule has 21 heavy (non-hydrogen) atoms. The van der Waals surface area contributed by atoms with Crippen LogP contribution in [0.15, 0.2) is 64.6 Å². The number of aromatic nitrogens is 1. The molecule has 0 fully saturated rings. The smallest absolute Gasteiger partial charge is 0.278 e. The predicted octanol–water partition coefficient (Wildman–Crippen LogP) is 4.00. The molecule has 2 aromatic carbocycles. The van der Waals surface area contributed by atoms with Crippen LogP contribution in [0.3, 0.4) is 0 Å². The molecule has 0 saturated carbocycles. The van der Waals surface area contributed by atoms with Gasteiger partial charge < -0.3 is 5.11 Å². The fraction of sp³-hybridized carbons (Fsp3) is 0. The highest BCUT2D eigenvalue weighted by Crippen LogP contribution is 2.37. The zero-order valence-electron chi connectivity index (χ0n) is 10.8. The molecular weight excluding hydrogens is 288 g/mol. The number of pyridine rings is 1. The SMILES string of the molecule is O=[N+]([O-])c1ccc(Sc2ccc(O)cc2)c2ccncc12. The van der Waals surface area contributed by atoms with Gasteiger partial charge in [-0.25, -0.2) is 0 Å². The molecule has 0 unspecified atom stereocenters. The van der Waals surface area contributed by atoms with Gasteiger partial charge in [0.1, 0.15) is 5.75 Å². The first kappa shape index (κ1) is 13.4. The van der Waals surface area contributed by atoms with Crippen LogP contribution in [0.1, 0.15) is 0 Å². The Morgan fingerprint density at radius 3 is 2.52 bits per heavy atom. The summed E-state index contributed by atoms with van der Waals surface area (Å²) in [5.41, 5.74) is 0.0492. The van der Waals surface area contributed by atoms with E-state index in [-0.39, 0.29) is 11.4 Å². The highest BCUT2D eigenvalue weighted by molar-refractivity contribution is 7.99. The van der Waals surface area contributed by atoms with Gasteiger partial charge in [0.2, 0.25) is 0 Å². The molecule has 3 rings (SSSR count). The number of nitrogens with zero attached hydrogens (tertiary/aromatic N) is 2. The fourth-order valence-electron chi connectivity index (χ4n) is 2.04. The first-order valence-corrected chi connectivity index (χ1v) is 6.95. The molecule has 0 aliphatic carbocycles. The van der Waals surface area contributed by atoms with Crippen molar-refractivity contribution < 1.29 is 10.0 Å². The van der Waals surface area contributed by atoms with Crippen LogP contribution >= 0.6 is 11.8 Å².